The quantitative estimate of drug-likeness (QED) is 0.723. The summed E-state index contributed by atoms with van der Waals surface area (Å²) in [6.45, 7) is 6.29. The number of nitrogens with zero attached hydrogens (tertiary/aromatic N) is 1. The molecule has 0 radical (unpaired) electrons. The molecule has 0 aromatic heterocycles. The first kappa shape index (κ1) is 11.7. The molecule has 2 nitrogen and oxygen atoms in total. The molecular weight excluding hydrogens is 198 g/mol. The average Bonchev–Trinajstić information content (AvgIpc) is 2.78. The zero-order valence-electron chi connectivity index (χ0n) is 10.4. The first-order valence-electron chi connectivity index (χ1n) is 6.47. The summed E-state index contributed by atoms with van der Waals surface area (Å²) in [6, 6.07) is 0.556. The maximum absolute atomic E-state index is 5.29. The van der Waals surface area contributed by atoms with Crippen LogP contribution in [-0.2, 0) is 4.74 Å². The minimum atomic E-state index is 0.556. The van der Waals surface area contributed by atoms with Gasteiger partial charge in [-0.05, 0) is 44.1 Å². The van der Waals surface area contributed by atoms with E-state index in [0.29, 0.717) is 6.04 Å². The van der Waals surface area contributed by atoms with Gasteiger partial charge in [-0.2, -0.15) is 0 Å². The summed E-state index contributed by atoms with van der Waals surface area (Å²) < 4.78 is 5.29. The van der Waals surface area contributed by atoms with Gasteiger partial charge in [-0.15, -0.1) is 0 Å². The first-order valence-corrected chi connectivity index (χ1v) is 6.47. The van der Waals surface area contributed by atoms with Gasteiger partial charge in [-0.1, -0.05) is 12.7 Å². The lowest BCUT2D eigenvalue weighted by Crippen LogP contribution is -2.32. The van der Waals surface area contributed by atoms with Crippen molar-refractivity contribution in [3.8, 4) is 0 Å². The van der Waals surface area contributed by atoms with Gasteiger partial charge in [0.2, 0.25) is 0 Å². The van der Waals surface area contributed by atoms with Crippen LogP contribution >= 0.6 is 0 Å². The standard InChI is InChI=1S/C14H23NO/c1-12(13-7-4-3-5-8-13)15-10-6-9-14(15)11-16-2/h7,14H,1,3-6,8-11H2,2H3/t14-/m0/s1. The van der Waals surface area contributed by atoms with E-state index in [1.807, 2.05) is 0 Å². The summed E-state index contributed by atoms with van der Waals surface area (Å²) >= 11 is 0. The van der Waals surface area contributed by atoms with Crippen LogP contribution in [0.25, 0.3) is 0 Å². The molecular formula is C14H23NO. The minimum Gasteiger partial charge on any atom is -0.383 e. The zero-order valence-corrected chi connectivity index (χ0v) is 10.4. The van der Waals surface area contributed by atoms with Crippen molar-refractivity contribution in [2.45, 2.75) is 44.6 Å². The van der Waals surface area contributed by atoms with Gasteiger partial charge < -0.3 is 9.64 Å². The molecule has 1 saturated heterocycles. The van der Waals surface area contributed by atoms with E-state index >= 15 is 0 Å². The fraction of sp³-hybridized carbons (Fsp3) is 0.714. The van der Waals surface area contributed by atoms with Crippen molar-refractivity contribution < 1.29 is 4.74 Å². The van der Waals surface area contributed by atoms with Crippen molar-refractivity contribution in [2.75, 3.05) is 20.3 Å². The summed E-state index contributed by atoms with van der Waals surface area (Å²) in [4.78, 5) is 2.46. The predicted molar refractivity (Wildman–Crippen MR) is 67.3 cm³/mol. The van der Waals surface area contributed by atoms with Gasteiger partial charge in [0.05, 0.1) is 12.6 Å². The van der Waals surface area contributed by atoms with E-state index in [0.717, 1.165) is 13.2 Å². The number of likely N-dealkylation sites (tertiary alicyclic amines) is 1. The summed E-state index contributed by atoms with van der Waals surface area (Å²) in [5.74, 6) is 0. The van der Waals surface area contributed by atoms with E-state index in [9.17, 15) is 0 Å². The molecule has 90 valence electrons. The average molecular weight is 221 g/mol. The van der Waals surface area contributed by atoms with Gasteiger partial charge in [0.15, 0.2) is 0 Å². The van der Waals surface area contributed by atoms with Crippen LogP contribution in [0.2, 0.25) is 0 Å². The second kappa shape index (κ2) is 5.53. The van der Waals surface area contributed by atoms with Crippen molar-refractivity contribution in [2.24, 2.45) is 0 Å². The number of ether oxygens (including phenoxy) is 1. The Hall–Kier alpha value is -0.760. The van der Waals surface area contributed by atoms with Crippen LogP contribution in [0, 0.1) is 0 Å². The van der Waals surface area contributed by atoms with Crippen LogP contribution in [-0.4, -0.2) is 31.2 Å². The molecule has 0 N–H and O–H groups in total. The first-order chi connectivity index (χ1) is 7.83. The van der Waals surface area contributed by atoms with E-state index in [-0.39, 0.29) is 0 Å². The highest BCUT2D eigenvalue weighted by molar-refractivity contribution is 5.29. The molecule has 1 fully saturated rings. The molecule has 0 bridgehead atoms. The molecule has 2 rings (SSSR count). The normalized spacial score (nSPS) is 25.7. The lowest BCUT2D eigenvalue weighted by atomic mass is 9.97. The Labute approximate surface area is 99.0 Å². The maximum Gasteiger partial charge on any atom is 0.0666 e. The summed E-state index contributed by atoms with van der Waals surface area (Å²) in [5.41, 5.74) is 2.74. The van der Waals surface area contributed by atoms with Crippen molar-refractivity contribution in [1.29, 1.82) is 0 Å². The molecule has 1 atom stereocenters. The van der Waals surface area contributed by atoms with Gasteiger partial charge >= 0.3 is 0 Å². The Morgan fingerprint density at radius 3 is 3.06 bits per heavy atom. The smallest absolute Gasteiger partial charge is 0.0666 e. The zero-order chi connectivity index (χ0) is 11.4. The number of rotatable bonds is 4. The van der Waals surface area contributed by atoms with Crippen LogP contribution in [0.4, 0.5) is 0 Å². The van der Waals surface area contributed by atoms with Crippen molar-refractivity contribution in [3.63, 3.8) is 0 Å². The molecule has 0 unspecified atom stereocenters. The molecule has 2 heteroatoms. The van der Waals surface area contributed by atoms with E-state index in [1.165, 1.54) is 49.8 Å². The van der Waals surface area contributed by atoms with Crippen LogP contribution in [0.15, 0.2) is 23.9 Å². The van der Waals surface area contributed by atoms with Crippen molar-refractivity contribution in [3.05, 3.63) is 23.9 Å². The number of methoxy groups -OCH3 is 1. The minimum absolute atomic E-state index is 0.556. The van der Waals surface area contributed by atoms with E-state index in [4.69, 9.17) is 4.74 Å². The molecule has 0 spiro atoms. The van der Waals surface area contributed by atoms with Crippen LogP contribution < -0.4 is 0 Å². The van der Waals surface area contributed by atoms with E-state index in [2.05, 4.69) is 17.6 Å². The van der Waals surface area contributed by atoms with Crippen molar-refractivity contribution in [1.82, 2.24) is 4.90 Å². The predicted octanol–water partition coefficient (Wildman–Crippen LogP) is 3.11. The van der Waals surface area contributed by atoms with Gasteiger partial charge in [-0.3, -0.25) is 0 Å². The Balaban J connectivity index is 2.00. The van der Waals surface area contributed by atoms with Crippen molar-refractivity contribution >= 4 is 0 Å². The van der Waals surface area contributed by atoms with Crippen LogP contribution in [0.1, 0.15) is 38.5 Å². The molecule has 0 aromatic rings. The number of allylic oxidation sites excluding steroid dienone is 2. The molecule has 16 heavy (non-hydrogen) atoms. The molecule has 1 aliphatic carbocycles. The Morgan fingerprint density at radius 1 is 1.50 bits per heavy atom. The lowest BCUT2D eigenvalue weighted by Gasteiger charge is -2.30. The second-order valence-corrected chi connectivity index (χ2v) is 4.87. The monoisotopic (exact) mass is 221 g/mol. The second-order valence-electron chi connectivity index (χ2n) is 4.87. The molecule has 1 aliphatic heterocycles. The van der Waals surface area contributed by atoms with Gasteiger partial charge in [0.25, 0.3) is 0 Å². The molecule has 0 saturated carbocycles. The Kier molecular flexibility index (Phi) is 4.05. The van der Waals surface area contributed by atoms with Gasteiger partial charge in [0.1, 0.15) is 0 Å². The Bertz CT molecular complexity index is 282. The third kappa shape index (κ3) is 2.49. The molecule has 0 aromatic carbocycles. The lowest BCUT2D eigenvalue weighted by molar-refractivity contribution is 0.133. The molecule has 1 heterocycles. The highest BCUT2D eigenvalue weighted by Gasteiger charge is 2.26. The topological polar surface area (TPSA) is 12.5 Å². The maximum atomic E-state index is 5.29. The fourth-order valence-corrected chi connectivity index (χ4v) is 2.84. The van der Waals surface area contributed by atoms with Gasteiger partial charge in [0, 0.05) is 19.4 Å². The van der Waals surface area contributed by atoms with E-state index < -0.39 is 0 Å². The Morgan fingerprint density at radius 2 is 2.38 bits per heavy atom. The largest absolute Gasteiger partial charge is 0.383 e. The fourth-order valence-electron chi connectivity index (χ4n) is 2.84. The van der Waals surface area contributed by atoms with Crippen LogP contribution in [0.3, 0.4) is 0 Å². The van der Waals surface area contributed by atoms with E-state index in [1.54, 1.807) is 7.11 Å². The summed E-state index contributed by atoms with van der Waals surface area (Å²) in [5, 5.41) is 0. The number of hydrogen-bond acceptors (Lipinski definition) is 2. The highest BCUT2D eigenvalue weighted by Crippen LogP contribution is 2.30. The SMILES string of the molecule is C=C(C1=CCCCC1)N1CCC[C@H]1COC. The molecule has 2 aliphatic rings. The third-order valence-electron chi connectivity index (χ3n) is 3.74. The highest BCUT2D eigenvalue weighted by atomic mass is 16.5. The summed E-state index contributed by atoms with van der Waals surface area (Å²) in [7, 11) is 1.79. The third-order valence-corrected chi connectivity index (χ3v) is 3.74. The number of hydrogen-bond donors (Lipinski definition) is 0. The summed E-state index contributed by atoms with van der Waals surface area (Å²) in [6.07, 6.45) is 10.0. The molecule has 0 amide bonds. The van der Waals surface area contributed by atoms with Gasteiger partial charge in [-0.25, -0.2) is 0 Å². The van der Waals surface area contributed by atoms with Crippen LogP contribution in [0.5, 0.6) is 0 Å².